The van der Waals surface area contributed by atoms with Crippen LogP contribution in [0.4, 0.5) is 0 Å². The number of Topliss-reactive ketones (excluding diaryl/α,β-unsaturated/α-hetero) is 1. The monoisotopic (exact) mass is 392 g/mol. The summed E-state index contributed by atoms with van der Waals surface area (Å²) >= 11 is 0. The third-order valence-corrected chi connectivity index (χ3v) is 4.44. The van der Waals surface area contributed by atoms with Crippen LogP contribution in [0.15, 0.2) is 60.0 Å². The fraction of sp³-hybridized carbons (Fsp3) is 0.105. The number of furan rings is 1. The van der Waals surface area contributed by atoms with E-state index < -0.39 is 23.6 Å². The number of nitrogens with two attached hydrogens (primary N) is 1. The molecule has 1 unspecified atom stereocenters. The molecule has 29 heavy (non-hydrogen) atoms. The molecule has 10 nitrogen and oxygen atoms in total. The largest absolute Gasteiger partial charge is 0.462 e. The standard InChI is InChI=1S/C19H16N6O4/c20-18(27)17(26)13(5-11-9-29-15-8-21-6-12(11)15)24-19(28)14-7-22-10-25(14)16-3-1-2-4-23-16/h1-4,6-10,13,21H,5H2,(H2,20,27)(H,24,28). The number of imidazole rings is 1. The highest BCUT2D eigenvalue weighted by molar-refractivity contribution is 6.38. The number of fused-ring (bicyclic) bond motifs is 1. The predicted molar refractivity (Wildman–Crippen MR) is 101 cm³/mol. The Labute approximate surface area is 163 Å². The second-order valence-corrected chi connectivity index (χ2v) is 6.29. The third-order valence-electron chi connectivity index (χ3n) is 4.44. The highest BCUT2D eigenvalue weighted by Gasteiger charge is 2.28. The zero-order valence-electron chi connectivity index (χ0n) is 15.0. The molecule has 146 valence electrons. The summed E-state index contributed by atoms with van der Waals surface area (Å²) in [7, 11) is 0. The average molecular weight is 392 g/mol. The minimum absolute atomic E-state index is 0.0378. The number of carbonyl (C=O) groups is 3. The zero-order chi connectivity index (χ0) is 20.4. The summed E-state index contributed by atoms with van der Waals surface area (Å²) in [6.07, 6.45) is 9.24. The zero-order valence-corrected chi connectivity index (χ0v) is 15.0. The maximum atomic E-state index is 12.8. The maximum Gasteiger partial charge on any atom is 0.287 e. The molecule has 2 amide bonds. The van der Waals surface area contributed by atoms with Crippen LogP contribution < -0.4 is 11.1 Å². The molecule has 4 heterocycles. The molecule has 0 saturated heterocycles. The molecule has 4 aromatic heterocycles. The lowest BCUT2D eigenvalue weighted by Gasteiger charge is -2.16. The van der Waals surface area contributed by atoms with Crippen molar-refractivity contribution < 1.29 is 18.8 Å². The molecule has 0 spiro atoms. The first-order chi connectivity index (χ1) is 14.0. The fourth-order valence-electron chi connectivity index (χ4n) is 3.03. The van der Waals surface area contributed by atoms with Crippen LogP contribution in [-0.4, -0.2) is 43.2 Å². The Bertz CT molecular complexity index is 1190. The van der Waals surface area contributed by atoms with E-state index in [1.54, 1.807) is 36.8 Å². The van der Waals surface area contributed by atoms with Crippen molar-refractivity contribution in [3.63, 3.8) is 0 Å². The highest BCUT2D eigenvalue weighted by Crippen LogP contribution is 2.22. The number of nitrogens with zero attached hydrogens (tertiary/aromatic N) is 3. The van der Waals surface area contributed by atoms with Crippen LogP contribution in [0.1, 0.15) is 16.1 Å². The number of nitrogens with one attached hydrogen (secondary N) is 2. The van der Waals surface area contributed by atoms with Gasteiger partial charge in [0.15, 0.2) is 5.58 Å². The first kappa shape index (κ1) is 18.2. The van der Waals surface area contributed by atoms with Crippen LogP contribution in [0.25, 0.3) is 16.8 Å². The molecule has 4 N–H and O–H groups in total. The molecule has 0 fully saturated rings. The molecule has 10 heteroatoms. The van der Waals surface area contributed by atoms with E-state index in [-0.39, 0.29) is 12.1 Å². The molecule has 0 aliphatic rings. The van der Waals surface area contributed by atoms with Crippen LogP contribution in [0.5, 0.6) is 0 Å². The third kappa shape index (κ3) is 3.50. The number of amides is 2. The summed E-state index contributed by atoms with van der Waals surface area (Å²) in [5.74, 6) is -2.16. The van der Waals surface area contributed by atoms with Crippen molar-refractivity contribution in [1.29, 1.82) is 0 Å². The number of pyridine rings is 1. The number of ketones is 1. The molecule has 0 aromatic carbocycles. The molecule has 4 rings (SSSR count). The van der Waals surface area contributed by atoms with Gasteiger partial charge in [-0.05, 0) is 12.1 Å². The predicted octanol–water partition coefficient (Wildman–Crippen LogP) is 0.737. The van der Waals surface area contributed by atoms with Crippen molar-refractivity contribution in [3.8, 4) is 5.82 Å². The van der Waals surface area contributed by atoms with Crippen molar-refractivity contribution >= 4 is 28.6 Å². The van der Waals surface area contributed by atoms with Gasteiger partial charge in [-0.1, -0.05) is 6.07 Å². The maximum absolute atomic E-state index is 12.8. The number of aromatic amines is 1. The van der Waals surface area contributed by atoms with Gasteiger partial charge < -0.3 is 20.5 Å². The summed E-state index contributed by atoms with van der Waals surface area (Å²) in [5.41, 5.74) is 6.59. The van der Waals surface area contributed by atoms with Crippen molar-refractivity contribution in [2.75, 3.05) is 0 Å². The van der Waals surface area contributed by atoms with Gasteiger partial charge >= 0.3 is 0 Å². The Morgan fingerprint density at radius 2 is 2.14 bits per heavy atom. The molecular weight excluding hydrogens is 376 g/mol. The topological polar surface area (TPSA) is 149 Å². The first-order valence-electron chi connectivity index (χ1n) is 8.65. The lowest BCUT2D eigenvalue weighted by atomic mass is 10.0. The molecule has 1 atom stereocenters. The number of carbonyl (C=O) groups excluding carboxylic acids is 3. The van der Waals surface area contributed by atoms with E-state index in [1.807, 2.05) is 0 Å². The summed E-state index contributed by atoms with van der Waals surface area (Å²) in [4.78, 5) is 47.8. The van der Waals surface area contributed by atoms with Gasteiger partial charge in [0.2, 0.25) is 5.78 Å². The number of primary amides is 1. The number of H-pyrrole nitrogens is 1. The van der Waals surface area contributed by atoms with Crippen LogP contribution in [0.3, 0.4) is 0 Å². The van der Waals surface area contributed by atoms with E-state index in [9.17, 15) is 14.4 Å². The van der Waals surface area contributed by atoms with Gasteiger partial charge in [-0.3, -0.25) is 19.0 Å². The summed E-state index contributed by atoms with van der Waals surface area (Å²) in [6, 6.07) is 4.06. The Morgan fingerprint density at radius 1 is 1.28 bits per heavy atom. The lowest BCUT2D eigenvalue weighted by Crippen LogP contribution is -2.47. The second-order valence-electron chi connectivity index (χ2n) is 6.29. The van der Waals surface area contributed by atoms with Gasteiger partial charge in [0.25, 0.3) is 11.8 Å². The van der Waals surface area contributed by atoms with Crippen molar-refractivity contribution in [1.82, 2.24) is 24.8 Å². The van der Waals surface area contributed by atoms with Crippen LogP contribution in [0, 0.1) is 0 Å². The molecular formula is C19H16N6O4. The van der Waals surface area contributed by atoms with Crippen molar-refractivity contribution in [2.24, 2.45) is 5.73 Å². The number of aromatic nitrogens is 4. The fourth-order valence-corrected chi connectivity index (χ4v) is 3.03. The molecule has 0 aliphatic carbocycles. The molecule has 0 radical (unpaired) electrons. The average Bonchev–Trinajstić information content (AvgIpc) is 3.45. The molecule has 4 aromatic rings. The molecule has 0 aliphatic heterocycles. The van der Waals surface area contributed by atoms with Crippen LogP contribution in [0.2, 0.25) is 0 Å². The van der Waals surface area contributed by atoms with Crippen molar-refractivity contribution in [2.45, 2.75) is 12.5 Å². The number of hydrogen-bond acceptors (Lipinski definition) is 6. The van der Waals surface area contributed by atoms with E-state index in [2.05, 4.69) is 20.3 Å². The number of rotatable bonds is 7. The Balaban J connectivity index is 1.61. The van der Waals surface area contributed by atoms with Gasteiger partial charge in [-0.15, -0.1) is 0 Å². The van der Waals surface area contributed by atoms with Gasteiger partial charge in [0.05, 0.1) is 12.5 Å². The van der Waals surface area contributed by atoms with Crippen LogP contribution in [-0.2, 0) is 16.0 Å². The van der Waals surface area contributed by atoms with Gasteiger partial charge in [0, 0.05) is 36.0 Å². The Hall–Kier alpha value is -4.21. The van der Waals surface area contributed by atoms with Crippen LogP contribution >= 0.6 is 0 Å². The quantitative estimate of drug-likeness (QED) is 0.395. The summed E-state index contributed by atoms with van der Waals surface area (Å²) in [5, 5.41) is 3.33. The van der Waals surface area contributed by atoms with E-state index in [4.69, 9.17) is 10.2 Å². The van der Waals surface area contributed by atoms with E-state index in [0.29, 0.717) is 17.0 Å². The van der Waals surface area contributed by atoms with E-state index in [1.165, 1.54) is 23.4 Å². The van der Waals surface area contributed by atoms with E-state index >= 15 is 0 Å². The van der Waals surface area contributed by atoms with E-state index in [0.717, 1.165) is 5.39 Å². The smallest absolute Gasteiger partial charge is 0.287 e. The van der Waals surface area contributed by atoms with Gasteiger partial charge in [-0.25, -0.2) is 9.97 Å². The Morgan fingerprint density at radius 3 is 2.90 bits per heavy atom. The minimum Gasteiger partial charge on any atom is -0.462 e. The lowest BCUT2D eigenvalue weighted by molar-refractivity contribution is -0.137. The summed E-state index contributed by atoms with van der Waals surface area (Å²) < 4.78 is 6.87. The first-order valence-corrected chi connectivity index (χ1v) is 8.65. The second kappa shape index (κ2) is 7.43. The summed E-state index contributed by atoms with van der Waals surface area (Å²) in [6.45, 7) is 0. The molecule has 0 saturated carbocycles. The SMILES string of the molecule is NC(=O)C(=O)C(Cc1coc2c[nH]cc12)NC(=O)c1cncn1-c1ccccn1. The van der Waals surface area contributed by atoms with Gasteiger partial charge in [0.1, 0.15) is 23.9 Å². The number of hydrogen-bond donors (Lipinski definition) is 3. The Kier molecular flexibility index (Phi) is 4.65. The molecule has 0 bridgehead atoms. The van der Waals surface area contributed by atoms with Gasteiger partial charge in [-0.2, -0.15) is 0 Å². The van der Waals surface area contributed by atoms with Crippen molar-refractivity contribution in [3.05, 3.63) is 66.8 Å². The normalized spacial score (nSPS) is 12.0. The minimum atomic E-state index is -1.16. The highest BCUT2D eigenvalue weighted by atomic mass is 16.3.